The molecule has 0 bridgehead atoms. The van der Waals surface area contributed by atoms with Gasteiger partial charge in [0.1, 0.15) is 0 Å². The molecule has 1 fully saturated rings. The Hall–Kier alpha value is -2.62. The van der Waals surface area contributed by atoms with Crippen LogP contribution in [0.1, 0.15) is 31.4 Å². The maximum absolute atomic E-state index is 13.1. The third kappa shape index (κ3) is 3.96. The lowest BCUT2D eigenvalue weighted by Crippen LogP contribution is -2.41. The van der Waals surface area contributed by atoms with E-state index < -0.39 is 0 Å². The number of amides is 2. The molecule has 2 aromatic carbocycles. The van der Waals surface area contributed by atoms with Crippen molar-refractivity contribution in [2.75, 3.05) is 11.4 Å². The zero-order valence-electron chi connectivity index (χ0n) is 15.7. The summed E-state index contributed by atoms with van der Waals surface area (Å²) < 4.78 is 0. The summed E-state index contributed by atoms with van der Waals surface area (Å²) in [6, 6.07) is 18.0. The second-order valence-electron chi connectivity index (χ2n) is 7.29. The lowest BCUT2D eigenvalue weighted by atomic mass is 10.1. The number of carbonyl (C=O) groups is 2. The van der Waals surface area contributed by atoms with Gasteiger partial charge in [-0.25, -0.2) is 0 Å². The second-order valence-corrected chi connectivity index (χ2v) is 7.29. The van der Waals surface area contributed by atoms with Crippen molar-refractivity contribution in [1.82, 2.24) is 4.90 Å². The zero-order valence-corrected chi connectivity index (χ0v) is 15.7. The van der Waals surface area contributed by atoms with E-state index in [9.17, 15) is 9.59 Å². The molecule has 1 atom stereocenters. The van der Waals surface area contributed by atoms with E-state index in [1.165, 1.54) is 0 Å². The number of aryl methyl sites for hydroxylation is 1. The van der Waals surface area contributed by atoms with Gasteiger partial charge in [0.25, 0.3) is 0 Å². The molecule has 136 valence electrons. The Labute approximate surface area is 155 Å². The van der Waals surface area contributed by atoms with Crippen LogP contribution in [-0.2, 0) is 16.1 Å². The minimum Gasteiger partial charge on any atom is -0.336 e. The number of rotatable bonds is 5. The van der Waals surface area contributed by atoms with Crippen molar-refractivity contribution >= 4 is 17.5 Å². The predicted molar refractivity (Wildman–Crippen MR) is 104 cm³/mol. The first-order valence-electron chi connectivity index (χ1n) is 9.17. The summed E-state index contributed by atoms with van der Waals surface area (Å²) in [5.74, 6) is -0.197. The highest BCUT2D eigenvalue weighted by Crippen LogP contribution is 2.27. The van der Waals surface area contributed by atoms with Gasteiger partial charge >= 0.3 is 0 Å². The molecule has 1 aliphatic rings. The summed E-state index contributed by atoms with van der Waals surface area (Å²) in [6.45, 7) is 7.10. The number of hydrogen-bond acceptors (Lipinski definition) is 2. The maximum atomic E-state index is 13.1. The molecule has 0 N–H and O–H groups in total. The van der Waals surface area contributed by atoms with E-state index in [0.717, 1.165) is 16.8 Å². The third-order valence-corrected chi connectivity index (χ3v) is 4.92. The van der Waals surface area contributed by atoms with Crippen molar-refractivity contribution in [3.05, 3.63) is 65.7 Å². The van der Waals surface area contributed by atoms with Crippen LogP contribution in [0.2, 0.25) is 0 Å². The van der Waals surface area contributed by atoms with Crippen molar-refractivity contribution in [2.24, 2.45) is 5.92 Å². The van der Waals surface area contributed by atoms with Crippen molar-refractivity contribution < 1.29 is 9.59 Å². The fourth-order valence-electron chi connectivity index (χ4n) is 3.38. The SMILES string of the molecule is Cc1ccc(N2C[C@@H](C(=O)N(Cc3ccccc3)C(C)C)CC2=O)cc1. The van der Waals surface area contributed by atoms with E-state index in [1.54, 1.807) is 4.90 Å². The number of benzene rings is 2. The summed E-state index contributed by atoms with van der Waals surface area (Å²) in [5, 5.41) is 0. The van der Waals surface area contributed by atoms with Crippen LogP contribution in [0.3, 0.4) is 0 Å². The molecular formula is C22H26N2O2. The predicted octanol–water partition coefficient (Wildman–Crippen LogP) is 3.79. The van der Waals surface area contributed by atoms with E-state index in [-0.39, 0.29) is 30.2 Å². The standard InChI is InChI=1S/C22H26N2O2/c1-16(2)23(14-18-7-5-4-6-8-18)22(26)19-13-21(25)24(15-19)20-11-9-17(3)10-12-20/h4-12,16,19H,13-15H2,1-3H3/t19-/m0/s1. The monoisotopic (exact) mass is 350 g/mol. The van der Waals surface area contributed by atoms with Crippen LogP contribution in [0.4, 0.5) is 5.69 Å². The molecule has 0 aliphatic carbocycles. The fourth-order valence-corrected chi connectivity index (χ4v) is 3.38. The molecule has 1 heterocycles. The molecule has 4 heteroatoms. The Bertz CT molecular complexity index is 768. The fraction of sp³-hybridized carbons (Fsp3) is 0.364. The van der Waals surface area contributed by atoms with Gasteiger partial charge in [-0.15, -0.1) is 0 Å². The molecule has 0 spiro atoms. The van der Waals surface area contributed by atoms with Gasteiger partial charge in [-0.05, 0) is 38.5 Å². The first-order chi connectivity index (χ1) is 12.5. The van der Waals surface area contributed by atoms with Gasteiger partial charge in [0.2, 0.25) is 11.8 Å². The molecule has 1 aliphatic heterocycles. The van der Waals surface area contributed by atoms with Gasteiger partial charge in [-0.2, -0.15) is 0 Å². The molecule has 4 nitrogen and oxygen atoms in total. The molecule has 3 rings (SSSR count). The molecule has 2 aromatic rings. The van der Waals surface area contributed by atoms with E-state index in [2.05, 4.69) is 0 Å². The minimum atomic E-state index is -0.282. The summed E-state index contributed by atoms with van der Waals surface area (Å²) >= 11 is 0. The molecule has 0 aromatic heterocycles. The quantitative estimate of drug-likeness (QED) is 0.823. The Morgan fingerprint density at radius 2 is 1.77 bits per heavy atom. The van der Waals surface area contributed by atoms with E-state index in [4.69, 9.17) is 0 Å². The Balaban J connectivity index is 1.73. The lowest BCUT2D eigenvalue weighted by molar-refractivity contribution is -0.138. The van der Waals surface area contributed by atoms with Crippen molar-refractivity contribution in [2.45, 2.75) is 39.8 Å². The zero-order chi connectivity index (χ0) is 18.7. The third-order valence-electron chi connectivity index (χ3n) is 4.92. The smallest absolute Gasteiger partial charge is 0.228 e. The Kier molecular flexibility index (Phi) is 5.40. The van der Waals surface area contributed by atoms with Gasteiger partial charge in [-0.3, -0.25) is 9.59 Å². The number of nitrogens with zero attached hydrogens (tertiary/aromatic N) is 2. The average Bonchev–Trinajstić information content (AvgIpc) is 3.02. The van der Waals surface area contributed by atoms with Gasteiger partial charge in [0.05, 0.1) is 5.92 Å². The average molecular weight is 350 g/mol. The second kappa shape index (κ2) is 7.73. The first-order valence-corrected chi connectivity index (χ1v) is 9.17. The van der Waals surface area contributed by atoms with Crippen LogP contribution < -0.4 is 4.90 Å². The summed E-state index contributed by atoms with van der Waals surface area (Å²) in [5.41, 5.74) is 3.13. The molecule has 1 saturated heterocycles. The first kappa shape index (κ1) is 18.2. The van der Waals surface area contributed by atoms with Gasteiger partial charge in [0.15, 0.2) is 0 Å². The molecule has 2 amide bonds. The van der Waals surface area contributed by atoms with Crippen LogP contribution in [-0.4, -0.2) is 29.3 Å². The number of anilines is 1. The van der Waals surface area contributed by atoms with E-state index in [1.807, 2.05) is 80.3 Å². The molecule has 26 heavy (non-hydrogen) atoms. The molecule has 0 radical (unpaired) electrons. The molecular weight excluding hydrogens is 324 g/mol. The lowest BCUT2D eigenvalue weighted by Gasteiger charge is -2.29. The van der Waals surface area contributed by atoms with Crippen LogP contribution in [0.5, 0.6) is 0 Å². The highest BCUT2D eigenvalue weighted by molar-refractivity contribution is 6.00. The summed E-state index contributed by atoms with van der Waals surface area (Å²) in [4.78, 5) is 29.2. The Morgan fingerprint density at radius 3 is 2.38 bits per heavy atom. The highest BCUT2D eigenvalue weighted by atomic mass is 16.2. The largest absolute Gasteiger partial charge is 0.336 e. The van der Waals surface area contributed by atoms with Gasteiger partial charge < -0.3 is 9.80 Å². The van der Waals surface area contributed by atoms with E-state index in [0.29, 0.717) is 13.1 Å². The van der Waals surface area contributed by atoms with Gasteiger partial charge in [-0.1, -0.05) is 48.0 Å². The molecule has 0 saturated carbocycles. The maximum Gasteiger partial charge on any atom is 0.228 e. The van der Waals surface area contributed by atoms with Crippen LogP contribution in [0, 0.1) is 12.8 Å². The summed E-state index contributed by atoms with van der Waals surface area (Å²) in [7, 11) is 0. The van der Waals surface area contributed by atoms with E-state index >= 15 is 0 Å². The van der Waals surface area contributed by atoms with Crippen LogP contribution in [0.15, 0.2) is 54.6 Å². The van der Waals surface area contributed by atoms with Gasteiger partial charge in [0, 0.05) is 31.2 Å². The summed E-state index contributed by atoms with van der Waals surface area (Å²) in [6.07, 6.45) is 0.282. The Morgan fingerprint density at radius 1 is 1.12 bits per heavy atom. The molecule has 0 unspecified atom stereocenters. The highest BCUT2D eigenvalue weighted by Gasteiger charge is 2.37. The number of carbonyl (C=O) groups excluding carboxylic acids is 2. The van der Waals surface area contributed by atoms with Crippen LogP contribution >= 0.6 is 0 Å². The number of hydrogen-bond donors (Lipinski definition) is 0. The minimum absolute atomic E-state index is 0.0237. The normalized spacial score (nSPS) is 17.0. The van der Waals surface area contributed by atoms with Crippen LogP contribution in [0.25, 0.3) is 0 Å². The van der Waals surface area contributed by atoms with Crippen molar-refractivity contribution in [1.29, 1.82) is 0 Å². The van der Waals surface area contributed by atoms with Crippen molar-refractivity contribution in [3.63, 3.8) is 0 Å². The van der Waals surface area contributed by atoms with Crippen molar-refractivity contribution in [3.8, 4) is 0 Å². The topological polar surface area (TPSA) is 40.6 Å².